The van der Waals surface area contributed by atoms with Crippen LogP contribution in [0.4, 0.5) is 22.7 Å². The molecule has 2 N–H and O–H groups in total. The molecule has 4 heterocycles. The fourth-order valence-corrected chi connectivity index (χ4v) is 7.04. The largest absolute Gasteiger partial charge is 0.370 e. The average molecular weight is 601 g/mol. The Bertz CT molecular complexity index is 1670. The minimum atomic E-state index is -0.144. The van der Waals surface area contributed by atoms with Crippen molar-refractivity contribution >= 4 is 62.9 Å². The molecule has 2 fully saturated rings. The highest BCUT2D eigenvalue weighted by atomic mass is 35.5. The summed E-state index contributed by atoms with van der Waals surface area (Å²) in [6.45, 7) is 5.76. The second kappa shape index (κ2) is 12.2. The molecule has 0 radical (unpaired) electrons. The van der Waals surface area contributed by atoms with Gasteiger partial charge < -0.3 is 25.0 Å². The Balaban J connectivity index is 1.31. The first-order chi connectivity index (χ1) is 20.4. The SMILES string of the molecule is CC(=O)Nc1cc2c(Nc3ccc(Sc4nccn4C)c(Cl)c3)c(C#N)cnc2cc1N1CCC(N2CCCC2)CC1. The van der Waals surface area contributed by atoms with E-state index in [1.165, 1.54) is 44.6 Å². The summed E-state index contributed by atoms with van der Waals surface area (Å²) in [5.74, 6) is -0.144. The molecule has 0 aliphatic carbocycles. The van der Waals surface area contributed by atoms with Crippen LogP contribution < -0.4 is 15.5 Å². The van der Waals surface area contributed by atoms with Crippen molar-refractivity contribution in [3.63, 3.8) is 0 Å². The van der Waals surface area contributed by atoms with Gasteiger partial charge >= 0.3 is 0 Å². The molecule has 0 atom stereocenters. The van der Waals surface area contributed by atoms with E-state index in [2.05, 4.69) is 36.5 Å². The monoisotopic (exact) mass is 600 g/mol. The van der Waals surface area contributed by atoms with Gasteiger partial charge in [0.2, 0.25) is 5.91 Å². The zero-order valence-corrected chi connectivity index (χ0v) is 25.3. The number of nitrogens with one attached hydrogen (secondary N) is 2. The number of hydrogen-bond donors (Lipinski definition) is 2. The van der Waals surface area contributed by atoms with Crippen molar-refractivity contribution in [2.24, 2.45) is 7.05 Å². The summed E-state index contributed by atoms with van der Waals surface area (Å²) < 4.78 is 1.94. The first-order valence-corrected chi connectivity index (χ1v) is 15.4. The van der Waals surface area contributed by atoms with Gasteiger partial charge in [0, 0.05) is 67.7 Å². The molecule has 9 nitrogen and oxygen atoms in total. The molecule has 42 heavy (non-hydrogen) atoms. The molecule has 0 spiro atoms. The van der Waals surface area contributed by atoms with Gasteiger partial charge in [0.25, 0.3) is 0 Å². The van der Waals surface area contributed by atoms with Gasteiger partial charge in [-0.05, 0) is 69.1 Å². The van der Waals surface area contributed by atoms with Crippen molar-refractivity contribution in [1.82, 2.24) is 19.4 Å². The summed E-state index contributed by atoms with van der Waals surface area (Å²) >= 11 is 8.15. The molecule has 0 unspecified atom stereocenters. The van der Waals surface area contributed by atoms with Gasteiger partial charge in [-0.15, -0.1) is 0 Å². The Labute approximate surface area is 254 Å². The van der Waals surface area contributed by atoms with Crippen molar-refractivity contribution in [3.05, 3.63) is 59.5 Å². The van der Waals surface area contributed by atoms with Crippen molar-refractivity contribution in [1.29, 1.82) is 5.26 Å². The molecule has 0 bridgehead atoms. The number of carbonyl (C=O) groups excluding carboxylic acids is 1. The lowest BCUT2D eigenvalue weighted by atomic mass is 10.0. The van der Waals surface area contributed by atoms with E-state index in [0.717, 1.165) is 63.9 Å². The van der Waals surface area contributed by atoms with Crippen LogP contribution >= 0.6 is 23.4 Å². The summed E-state index contributed by atoms with van der Waals surface area (Å²) in [6.07, 6.45) is 10.0. The number of piperidine rings is 1. The van der Waals surface area contributed by atoms with Crippen molar-refractivity contribution in [3.8, 4) is 6.07 Å². The van der Waals surface area contributed by atoms with E-state index in [9.17, 15) is 10.1 Å². The van der Waals surface area contributed by atoms with E-state index in [1.807, 2.05) is 48.1 Å². The topological polar surface area (TPSA) is 102 Å². The van der Waals surface area contributed by atoms with Crippen LogP contribution in [0.2, 0.25) is 5.02 Å². The first-order valence-electron chi connectivity index (χ1n) is 14.2. The van der Waals surface area contributed by atoms with E-state index in [4.69, 9.17) is 11.6 Å². The number of pyridine rings is 1. The van der Waals surface area contributed by atoms with Crippen LogP contribution in [0, 0.1) is 11.3 Å². The van der Waals surface area contributed by atoms with Crippen LogP contribution in [0.5, 0.6) is 0 Å². The summed E-state index contributed by atoms with van der Waals surface area (Å²) in [5, 5.41) is 18.6. The zero-order valence-electron chi connectivity index (χ0n) is 23.7. The number of carbonyl (C=O) groups is 1. The fourth-order valence-electron chi connectivity index (χ4n) is 5.93. The van der Waals surface area contributed by atoms with Gasteiger partial charge in [0.05, 0.1) is 33.2 Å². The maximum absolute atomic E-state index is 12.3. The van der Waals surface area contributed by atoms with E-state index in [-0.39, 0.29) is 5.91 Å². The number of likely N-dealkylation sites (tertiary alicyclic amines) is 1. The number of anilines is 4. The smallest absolute Gasteiger partial charge is 0.221 e. The van der Waals surface area contributed by atoms with Gasteiger partial charge in [-0.1, -0.05) is 23.4 Å². The van der Waals surface area contributed by atoms with Crippen LogP contribution in [0.15, 0.2) is 59.0 Å². The molecule has 0 saturated carbocycles. The molecular formula is C31H33ClN8OS. The molecule has 2 aliphatic heterocycles. The van der Waals surface area contributed by atoms with Crippen molar-refractivity contribution in [2.45, 2.75) is 48.7 Å². The Morgan fingerprint density at radius 1 is 1.12 bits per heavy atom. The maximum atomic E-state index is 12.3. The summed E-state index contributed by atoms with van der Waals surface area (Å²) in [4.78, 5) is 27.1. The second-order valence-corrected chi connectivity index (χ2v) is 12.3. The highest BCUT2D eigenvalue weighted by Gasteiger charge is 2.28. The lowest BCUT2D eigenvalue weighted by molar-refractivity contribution is -0.114. The maximum Gasteiger partial charge on any atom is 0.221 e. The molecule has 1 amide bonds. The number of rotatable bonds is 7. The van der Waals surface area contributed by atoms with Gasteiger partial charge in [-0.2, -0.15) is 5.26 Å². The lowest BCUT2D eigenvalue weighted by Gasteiger charge is -2.38. The Kier molecular flexibility index (Phi) is 8.24. The number of nitrogens with zero attached hydrogens (tertiary/aromatic N) is 6. The van der Waals surface area contributed by atoms with Crippen LogP contribution in [0.1, 0.15) is 38.2 Å². The third kappa shape index (κ3) is 5.91. The van der Waals surface area contributed by atoms with E-state index >= 15 is 0 Å². The second-order valence-electron chi connectivity index (χ2n) is 10.9. The molecule has 2 saturated heterocycles. The van der Waals surface area contributed by atoms with Crippen molar-refractivity contribution in [2.75, 3.05) is 41.7 Å². The number of aryl methyl sites for hydroxylation is 1. The third-order valence-corrected chi connectivity index (χ3v) is 9.63. The molecule has 6 rings (SSSR count). The predicted molar refractivity (Wildman–Crippen MR) is 169 cm³/mol. The van der Waals surface area contributed by atoms with Gasteiger partial charge in [-0.3, -0.25) is 9.78 Å². The number of halogens is 1. The fraction of sp³-hybridized carbons (Fsp3) is 0.355. The van der Waals surface area contributed by atoms with Gasteiger partial charge in [-0.25, -0.2) is 4.98 Å². The number of nitriles is 1. The van der Waals surface area contributed by atoms with E-state index < -0.39 is 0 Å². The molecular weight excluding hydrogens is 568 g/mol. The molecule has 2 aliphatic rings. The molecule has 11 heteroatoms. The number of fused-ring (bicyclic) bond motifs is 1. The predicted octanol–water partition coefficient (Wildman–Crippen LogP) is 6.41. The molecule has 4 aromatic rings. The minimum Gasteiger partial charge on any atom is -0.370 e. The molecule has 216 valence electrons. The first kappa shape index (κ1) is 28.3. The number of aromatic nitrogens is 3. The zero-order chi connectivity index (χ0) is 29.2. The van der Waals surface area contributed by atoms with Crippen LogP contribution in [0.25, 0.3) is 10.9 Å². The quantitative estimate of drug-likeness (QED) is 0.251. The summed E-state index contributed by atoms with van der Waals surface area (Å²) in [5.41, 5.74) is 4.18. The van der Waals surface area contributed by atoms with Gasteiger partial charge in [0.15, 0.2) is 5.16 Å². The molecule has 2 aromatic carbocycles. The van der Waals surface area contributed by atoms with Gasteiger partial charge in [0.1, 0.15) is 6.07 Å². The molecule has 2 aromatic heterocycles. The summed E-state index contributed by atoms with van der Waals surface area (Å²) in [7, 11) is 1.94. The number of benzene rings is 2. The third-order valence-electron chi connectivity index (χ3n) is 8.06. The lowest BCUT2D eigenvalue weighted by Crippen LogP contribution is -2.44. The Hall–Kier alpha value is -3.78. The normalized spacial score (nSPS) is 16.1. The number of hydrogen-bond acceptors (Lipinski definition) is 8. The van der Waals surface area contributed by atoms with Crippen molar-refractivity contribution < 1.29 is 4.79 Å². The standard InChI is InChI=1S/C31H33ClN8OS/c1-20(41)36-27-16-24-26(17-28(27)40-12-7-23(8-13-40)39-10-3-4-11-39)35-19-21(18-33)30(24)37-22-5-6-29(25(32)15-22)42-31-34-9-14-38(31)2/h5-6,9,14-17,19,23H,3-4,7-8,10-13H2,1-2H3,(H,35,37)(H,36,41). The summed E-state index contributed by atoms with van der Waals surface area (Å²) in [6, 6.07) is 12.6. The van der Waals surface area contributed by atoms with Crippen LogP contribution in [0.3, 0.4) is 0 Å². The van der Waals surface area contributed by atoms with Crippen LogP contribution in [-0.2, 0) is 11.8 Å². The Morgan fingerprint density at radius 3 is 2.57 bits per heavy atom. The Morgan fingerprint density at radius 2 is 1.90 bits per heavy atom. The minimum absolute atomic E-state index is 0.144. The highest BCUT2D eigenvalue weighted by molar-refractivity contribution is 7.99. The number of amides is 1. The van der Waals surface area contributed by atoms with Crippen LogP contribution in [-0.4, -0.2) is 57.6 Å². The average Bonchev–Trinajstić information content (AvgIpc) is 3.67. The number of imidazole rings is 1. The highest BCUT2D eigenvalue weighted by Crippen LogP contribution is 2.39. The van der Waals surface area contributed by atoms with E-state index in [1.54, 1.807) is 12.4 Å². The van der Waals surface area contributed by atoms with E-state index in [0.29, 0.717) is 22.3 Å².